The number of amides is 1. The van der Waals surface area contributed by atoms with Gasteiger partial charge in [0.2, 0.25) is 0 Å². The molecule has 5 heteroatoms. The average molecular weight is 275 g/mol. The van der Waals surface area contributed by atoms with Gasteiger partial charge in [-0.1, -0.05) is 13.8 Å². The number of hydrogen-bond acceptors (Lipinski definition) is 4. The SMILES string of the molecule is CC1(C)CCN(C(=O)c2sc3ncccc3c2N)C1. The fraction of sp³-hybridized carbons (Fsp3) is 0.429. The summed E-state index contributed by atoms with van der Waals surface area (Å²) >= 11 is 1.39. The molecule has 0 aliphatic carbocycles. The Kier molecular flexibility index (Phi) is 2.74. The van der Waals surface area contributed by atoms with Crippen molar-refractivity contribution in [1.29, 1.82) is 0 Å². The molecule has 1 fully saturated rings. The summed E-state index contributed by atoms with van der Waals surface area (Å²) in [6.45, 7) is 5.99. The number of pyridine rings is 1. The standard InChI is InChI=1S/C14H17N3OS/c1-14(2)5-7-17(8-14)13(18)11-10(15)9-4-3-6-16-12(9)19-11/h3-4,6H,5,7-8,15H2,1-2H3. The third kappa shape index (κ3) is 2.08. The normalized spacial score (nSPS) is 18.1. The zero-order chi connectivity index (χ0) is 13.6. The Bertz CT molecular complexity index is 647. The second-order valence-corrected chi connectivity index (χ2v) is 6.84. The van der Waals surface area contributed by atoms with Gasteiger partial charge in [-0.05, 0) is 24.0 Å². The zero-order valence-electron chi connectivity index (χ0n) is 11.1. The quantitative estimate of drug-likeness (QED) is 0.870. The van der Waals surface area contributed by atoms with Crippen LogP contribution in [0.3, 0.4) is 0 Å². The molecule has 0 unspecified atom stereocenters. The van der Waals surface area contributed by atoms with E-state index in [1.54, 1.807) is 6.20 Å². The van der Waals surface area contributed by atoms with Gasteiger partial charge in [0.25, 0.3) is 5.91 Å². The van der Waals surface area contributed by atoms with Crippen molar-refractivity contribution in [2.24, 2.45) is 5.41 Å². The minimum absolute atomic E-state index is 0.0473. The van der Waals surface area contributed by atoms with Crippen LogP contribution in [0.25, 0.3) is 10.2 Å². The van der Waals surface area contributed by atoms with Gasteiger partial charge in [0.05, 0.1) is 5.69 Å². The number of nitrogens with two attached hydrogens (primary N) is 1. The molecule has 2 N–H and O–H groups in total. The number of rotatable bonds is 1. The lowest BCUT2D eigenvalue weighted by Gasteiger charge is -2.19. The third-order valence-electron chi connectivity index (χ3n) is 3.66. The van der Waals surface area contributed by atoms with Crippen LogP contribution in [0, 0.1) is 5.41 Å². The number of fused-ring (bicyclic) bond motifs is 1. The van der Waals surface area contributed by atoms with Crippen molar-refractivity contribution < 1.29 is 4.79 Å². The summed E-state index contributed by atoms with van der Waals surface area (Å²) in [5.74, 6) is 0.0473. The molecule has 1 saturated heterocycles. The van der Waals surface area contributed by atoms with Crippen molar-refractivity contribution >= 4 is 33.1 Å². The summed E-state index contributed by atoms with van der Waals surface area (Å²) in [5, 5.41) is 0.884. The molecule has 1 aliphatic heterocycles. The van der Waals surface area contributed by atoms with E-state index in [1.807, 2.05) is 17.0 Å². The van der Waals surface area contributed by atoms with Crippen molar-refractivity contribution in [3.05, 3.63) is 23.2 Å². The van der Waals surface area contributed by atoms with Crippen LogP contribution in [-0.2, 0) is 0 Å². The van der Waals surface area contributed by atoms with Crippen LogP contribution in [0.4, 0.5) is 5.69 Å². The van der Waals surface area contributed by atoms with E-state index in [-0.39, 0.29) is 11.3 Å². The van der Waals surface area contributed by atoms with Crippen LogP contribution >= 0.6 is 11.3 Å². The molecule has 0 bridgehead atoms. The summed E-state index contributed by atoms with van der Waals surface area (Å²) < 4.78 is 0. The topological polar surface area (TPSA) is 59.2 Å². The Hall–Kier alpha value is -1.62. The van der Waals surface area contributed by atoms with E-state index >= 15 is 0 Å². The molecule has 0 atom stereocenters. The van der Waals surface area contributed by atoms with Crippen molar-refractivity contribution in [2.75, 3.05) is 18.8 Å². The highest BCUT2D eigenvalue weighted by atomic mass is 32.1. The van der Waals surface area contributed by atoms with E-state index in [0.717, 1.165) is 29.7 Å². The van der Waals surface area contributed by atoms with Crippen LogP contribution in [-0.4, -0.2) is 28.9 Å². The van der Waals surface area contributed by atoms with E-state index in [0.29, 0.717) is 10.6 Å². The van der Waals surface area contributed by atoms with Crippen LogP contribution in [0.2, 0.25) is 0 Å². The van der Waals surface area contributed by atoms with Gasteiger partial charge >= 0.3 is 0 Å². The summed E-state index contributed by atoms with van der Waals surface area (Å²) in [6, 6.07) is 3.76. The maximum atomic E-state index is 12.6. The highest BCUT2D eigenvalue weighted by Crippen LogP contribution is 2.35. The Morgan fingerprint density at radius 3 is 2.95 bits per heavy atom. The van der Waals surface area contributed by atoms with Gasteiger partial charge in [-0.15, -0.1) is 11.3 Å². The molecular weight excluding hydrogens is 258 g/mol. The minimum Gasteiger partial charge on any atom is -0.397 e. The van der Waals surface area contributed by atoms with Crippen LogP contribution in [0.15, 0.2) is 18.3 Å². The molecule has 0 radical (unpaired) electrons. The van der Waals surface area contributed by atoms with Crippen molar-refractivity contribution in [3.63, 3.8) is 0 Å². The van der Waals surface area contributed by atoms with E-state index in [4.69, 9.17) is 5.73 Å². The van der Waals surface area contributed by atoms with Crippen LogP contribution in [0.5, 0.6) is 0 Å². The van der Waals surface area contributed by atoms with Gasteiger partial charge in [-0.25, -0.2) is 4.98 Å². The Labute approximate surface area is 116 Å². The van der Waals surface area contributed by atoms with E-state index < -0.39 is 0 Å². The number of nitrogens with zero attached hydrogens (tertiary/aromatic N) is 2. The third-order valence-corrected chi connectivity index (χ3v) is 4.78. The maximum absolute atomic E-state index is 12.6. The smallest absolute Gasteiger partial charge is 0.266 e. The second-order valence-electron chi connectivity index (χ2n) is 5.84. The summed E-state index contributed by atoms with van der Waals surface area (Å²) in [6.07, 6.45) is 2.77. The number of carbonyl (C=O) groups is 1. The molecule has 2 aromatic heterocycles. The lowest BCUT2D eigenvalue weighted by atomic mass is 9.93. The van der Waals surface area contributed by atoms with Crippen LogP contribution in [0.1, 0.15) is 29.9 Å². The number of thiophene rings is 1. The second kappa shape index (κ2) is 4.20. The summed E-state index contributed by atoms with van der Waals surface area (Å²) in [4.78, 5) is 20.2. The molecule has 4 nitrogen and oxygen atoms in total. The summed E-state index contributed by atoms with van der Waals surface area (Å²) in [7, 11) is 0. The number of carbonyl (C=O) groups excluding carboxylic acids is 1. The maximum Gasteiger partial charge on any atom is 0.266 e. The molecule has 100 valence electrons. The lowest BCUT2D eigenvalue weighted by Crippen LogP contribution is -2.30. The van der Waals surface area contributed by atoms with Gasteiger partial charge in [0.15, 0.2) is 0 Å². The summed E-state index contributed by atoms with van der Waals surface area (Å²) in [5.41, 5.74) is 6.88. The Morgan fingerprint density at radius 2 is 2.32 bits per heavy atom. The predicted octanol–water partition coefficient (Wildman–Crippen LogP) is 2.75. The molecule has 3 rings (SSSR count). The number of aromatic nitrogens is 1. The minimum atomic E-state index is 0.0473. The average Bonchev–Trinajstić information content (AvgIpc) is 2.90. The highest BCUT2D eigenvalue weighted by Gasteiger charge is 2.33. The molecule has 19 heavy (non-hydrogen) atoms. The van der Waals surface area contributed by atoms with Gasteiger partial charge in [0.1, 0.15) is 9.71 Å². The zero-order valence-corrected chi connectivity index (χ0v) is 12.0. The van der Waals surface area contributed by atoms with Gasteiger partial charge < -0.3 is 10.6 Å². The van der Waals surface area contributed by atoms with Gasteiger partial charge in [0, 0.05) is 24.7 Å². The van der Waals surface area contributed by atoms with Crippen LogP contribution < -0.4 is 5.73 Å². The van der Waals surface area contributed by atoms with Gasteiger partial charge in [-0.3, -0.25) is 4.79 Å². The first-order valence-corrected chi connectivity index (χ1v) is 7.22. The monoisotopic (exact) mass is 275 g/mol. The largest absolute Gasteiger partial charge is 0.397 e. The molecule has 3 heterocycles. The van der Waals surface area contributed by atoms with Crippen molar-refractivity contribution in [1.82, 2.24) is 9.88 Å². The number of nitrogen functional groups attached to an aromatic ring is 1. The Balaban J connectivity index is 1.96. The molecular formula is C14H17N3OS. The molecule has 0 saturated carbocycles. The number of likely N-dealkylation sites (tertiary alicyclic amines) is 1. The Morgan fingerprint density at radius 1 is 1.53 bits per heavy atom. The predicted molar refractivity (Wildman–Crippen MR) is 78.3 cm³/mol. The molecule has 1 amide bonds. The molecule has 1 aliphatic rings. The number of anilines is 1. The number of hydrogen-bond donors (Lipinski definition) is 1. The van der Waals surface area contributed by atoms with Crippen molar-refractivity contribution in [2.45, 2.75) is 20.3 Å². The first kappa shape index (κ1) is 12.4. The van der Waals surface area contributed by atoms with E-state index in [9.17, 15) is 4.79 Å². The van der Waals surface area contributed by atoms with Gasteiger partial charge in [-0.2, -0.15) is 0 Å². The fourth-order valence-electron chi connectivity index (χ4n) is 2.54. The molecule has 0 spiro atoms. The van der Waals surface area contributed by atoms with E-state index in [2.05, 4.69) is 18.8 Å². The first-order chi connectivity index (χ1) is 8.98. The highest BCUT2D eigenvalue weighted by molar-refractivity contribution is 7.21. The molecule has 0 aromatic carbocycles. The first-order valence-electron chi connectivity index (χ1n) is 6.40. The fourth-order valence-corrected chi connectivity index (χ4v) is 3.57. The van der Waals surface area contributed by atoms with E-state index in [1.165, 1.54) is 11.3 Å². The molecule has 2 aromatic rings. The lowest BCUT2D eigenvalue weighted by molar-refractivity contribution is 0.0784. The van der Waals surface area contributed by atoms with Crippen molar-refractivity contribution in [3.8, 4) is 0 Å².